The average molecular weight is 256 g/mol. The Balaban J connectivity index is 2.62. The number of nitrogens with zero attached hydrogens (tertiary/aromatic N) is 2. The summed E-state index contributed by atoms with van der Waals surface area (Å²) < 4.78 is 26.7. The fraction of sp³-hybridized carbons (Fsp3) is 0.0909. The predicted molar refractivity (Wildman–Crippen MR) is 61.9 cm³/mol. The first kappa shape index (κ1) is 11.7. The number of hydrogen-bond donors (Lipinski definition) is 1. The zero-order chi connectivity index (χ0) is 12.4. The standard InChI is InChI=1S/C11H8ClF2N3/c1-15-11-16-5-9(14)10(17-11)7-4-6(13)2-3-8(7)12/h2-5H,1H3,(H,15,16,17). The molecule has 0 fully saturated rings. The van der Waals surface area contributed by atoms with Crippen LogP contribution in [0.15, 0.2) is 24.4 Å². The van der Waals surface area contributed by atoms with E-state index in [1.807, 2.05) is 0 Å². The maximum absolute atomic E-state index is 13.6. The minimum Gasteiger partial charge on any atom is -0.357 e. The van der Waals surface area contributed by atoms with Crippen molar-refractivity contribution in [2.24, 2.45) is 0 Å². The first-order chi connectivity index (χ1) is 8.11. The van der Waals surface area contributed by atoms with E-state index in [0.29, 0.717) is 0 Å². The quantitative estimate of drug-likeness (QED) is 0.896. The van der Waals surface area contributed by atoms with E-state index in [1.165, 1.54) is 12.1 Å². The molecule has 0 saturated carbocycles. The van der Waals surface area contributed by atoms with Gasteiger partial charge in [0.2, 0.25) is 5.95 Å². The molecule has 88 valence electrons. The van der Waals surface area contributed by atoms with Gasteiger partial charge >= 0.3 is 0 Å². The van der Waals surface area contributed by atoms with Crippen molar-refractivity contribution in [3.05, 3.63) is 41.1 Å². The Morgan fingerprint density at radius 2 is 2.06 bits per heavy atom. The summed E-state index contributed by atoms with van der Waals surface area (Å²) in [4.78, 5) is 7.62. The van der Waals surface area contributed by atoms with E-state index >= 15 is 0 Å². The summed E-state index contributed by atoms with van der Waals surface area (Å²) in [6.07, 6.45) is 1.01. The second-order valence-electron chi connectivity index (χ2n) is 3.26. The Morgan fingerprint density at radius 3 is 2.76 bits per heavy atom. The molecule has 2 rings (SSSR count). The Morgan fingerprint density at radius 1 is 1.29 bits per heavy atom. The largest absolute Gasteiger partial charge is 0.357 e. The molecule has 0 aliphatic rings. The lowest BCUT2D eigenvalue weighted by Crippen LogP contribution is -2.00. The van der Waals surface area contributed by atoms with Crippen LogP contribution in [0.1, 0.15) is 0 Å². The van der Waals surface area contributed by atoms with Gasteiger partial charge in [-0.2, -0.15) is 0 Å². The predicted octanol–water partition coefficient (Wildman–Crippen LogP) is 3.12. The first-order valence-corrected chi connectivity index (χ1v) is 5.15. The third-order valence-electron chi connectivity index (χ3n) is 2.15. The van der Waals surface area contributed by atoms with Crippen LogP contribution in [0.3, 0.4) is 0 Å². The van der Waals surface area contributed by atoms with Crippen LogP contribution in [0, 0.1) is 11.6 Å². The minimum atomic E-state index is -0.656. The maximum Gasteiger partial charge on any atom is 0.223 e. The lowest BCUT2D eigenvalue weighted by atomic mass is 10.1. The van der Waals surface area contributed by atoms with Crippen molar-refractivity contribution in [3.63, 3.8) is 0 Å². The van der Waals surface area contributed by atoms with Crippen LogP contribution in [0.25, 0.3) is 11.3 Å². The second-order valence-corrected chi connectivity index (χ2v) is 3.67. The third kappa shape index (κ3) is 2.34. The number of aromatic nitrogens is 2. The zero-order valence-electron chi connectivity index (χ0n) is 8.84. The van der Waals surface area contributed by atoms with E-state index in [4.69, 9.17) is 11.6 Å². The van der Waals surface area contributed by atoms with Crippen molar-refractivity contribution in [1.82, 2.24) is 9.97 Å². The monoisotopic (exact) mass is 255 g/mol. The van der Waals surface area contributed by atoms with Crippen LogP contribution >= 0.6 is 11.6 Å². The molecule has 0 bridgehead atoms. The van der Waals surface area contributed by atoms with Crippen LogP contribution < -0.4 is 5.32 Å². The van der Waals surface area contributed by atoms with Crippen molar-refractivity contribution in [2.75, 3.05) is 12.4 Å². The van der Waals surface area contributed by atoms with Gasteiger partial charge in [-0.25, -0.2) is 18.7 Å². The van der Waals surface area contributed by atoms with Gasteiger partial charge < -0.3 is 5.32 Å². The summed E-state index contributed by atoms with van der Waals surface area (Å²) in [5.74, 6) is -0.924. The van der Waals surface area contributed by atoms with Gasteiger partial charge in [0.25, 0.3) is 0 Å². The van der Waals surface area contributed by atoms with Crippen LogP contribution in [-0.4, -0.2) is 17.0 Å². The molecule has 0 unspecified atom stereocenters. The SMILES string of the molecule is CNc1ncc(F)c(-c2cc(F)ccc2Cl)n1. The molecule has 0 aliphatic heterocycles. The second kappa shape index (κ2) is 4.63. The molecule has 1 N–H and O–H groups in total. The molecular weight excluding hydrogens is 248 g/mol. The molecule has 0 radical (unpaired) electrons. The molecule has 1 aromatic heterocycles. The molecule has 6 heteroatoms. The van der Waals surface area contributed by atoms with Gasteiger partial charge in [0.05, 0.1) is 11.2 Å². The Hall–Kier alpha value is -1.75. The van der Waals surface area contributed by atoms with Crippen LogP contribution in [0.5, 0.6) is 0 Å². The molecule has 1 heterocycles. The Bertz CT molecular complexity index is 560. The summed E-state index contributed by atoms with van der Waals surface area (Å²) in [6.45, 7) is 0. The van der Waals surface area contributed by atoms with Gasteiger partial charge in [0, 0.05) is 12.6 Å². The van der Waals surface area contributed by atoms with Crippen molar-refractivity contribution in [2.45, 2.75) is 0 Å². The highest BCUT2D eigenvalue weighted by atomic mass is 35.5. The summed E-state index contributed by atoms with van der Waals surface area (Å²) in [5, 5.41) is 2.90. The molecule has 0 saturated heterocycles. The average Bonchev–Trinajstić information content (AvgIpc) is 2.33. The number of anilines is 1. The third-order valence-corrected chi connectivity index (χ3v) is 2.48. The van der Waals surface area contributed by atoms with E-state index in [9.17, 15) is 8.78 Å². The van der Waals surface area contributed by atoms with Crippen molar-refractivity contribution < 1.29 is 8.78 Å². The van der Waals surface area contributed by atoms with Gasteiger partial charge in [-0.3, -0.25) is 0 Å². The molecule has 0 atom stereocenters. The van der Waals surface area contributed by atoms with E-state index in [0.717, 1.165) is 12.3 Å². The van der Waals surface area contributed by atoms with Crippen molar-refractivity contribution >= 4 is 17.5 Å². The van der Waals surface area contributed by atoms with E-state index in [-0.39, 0.29) is 22.2 Å². The highest BCUT2D eigenvalue weighted by molar-refractivity contribution is 6.33. The molecule has 1 aromatic carbocycles. The first-order valence-electron chi connectivity index (χ1n) is 4.77. The van der Waals surface area contributed by atoms with Crippen LogP contribution in [0.4, 0.5) is 14.7 Å². The molecule has 0 amide bonds. The molecule has 2 aromatic rings. The maximum atomic E-state index is 13.6. The number of halogens is 3. The van der Waals surface area contributed by atoms with E-state index in [2.05, 4.69) is 15.3 Å². The smallest absolute Gasteiger partial charge is 0.223 e. The molecule has 0 spiro atoms. The van der Waals surface area contributed by atoms with Gasteiger partial charge in [-0.15, -0.1) is 0 Å². The number of rotatable bonds is 2. The zero-order valence-corrected chi connectivity index (χ0v) is 9.59. The normalized spacial score (nSPS) is 10.4. The summed E-state index contributed by atoms with van der Waals surface area (Å²) in [5.41, 5.74) is 0.164. The fourth-order valence-electron chi connectivity index (χ4n) is 1.36. The summed E-state index contributed by atoms with van der Waals surface area (Å²) in [6, 6.07) is 3.68. The lowest BCUT2D eigenvalue weighted by molar-refractivity contribution is 0.616. The Labute approximate surface area is 101 Å². The molecule has 3 nitrogen and oxygen atoms in total. The van der Waals surface area contributed by atoms with Gasteiger partial charge in [-0.1, -0.05) is 11.6 Å². The molecular formula is C11H8ClF2N3. The summed E-state index contributed by atoms with van der Waals surface area (Å²) >= 11 is 5.88. The van der Waals surface area contributed by atoms with Crippen molar-refractivity contribution in [1.29, 1.82) is 0 Å². The highest BCUT2D eigenvalue weighted by Gasteiger charge is 2.13. The van der Waals surface area contributed by atoms with E-state index in [1.54, 1.807) is 7.05 Å². The van der Waals surface area contributed by atoms with Crippen LogP contribution in [0.2, 0.25) is 5.02 Å². The van der Waals surface area contributed by atoms with Crippen LogP contribution in [-0.2, 0) is 0 Å². The lowest BCUT2D eigenvalue weighted by Gasteiger charge is -2.06. The fourth-order valence-corrected chi connectivity index (χ4v) is 1.56. The topological polar surface area (TPSA) is 37.8 Å². The van der Waals surface area contributed by atoms with Gasteiger partial charge in [0.15, 0.2) is 5.82 Å². The van der Waals surface area contributed by atoms with Crippen molar-refractivity contribution in [3.8, 4) is 11.3 Å². The number of hydrogen-bond acceptors (Lipinski definition) is 3. The summed E-state index contributed by atoms with van der Waals surface area (Å²) in [7, 11) is 1.60. The highest BCUT2D eigenvalue weighted by Crippen LogP contribution is 2.29. The van der Waals surface area contributed by atoms with Gasteiger partial charge in [0.1, 0.15) is 11.5 Å². The van der Waals surface area contributed by atoms with E-state index < -0.39 is 11.6 Å². The minimum absolute atomic E-state index is 0.0335. The molecule has 17 heavy (non-hydrogen) atoms. The number of nitrogens with one attached hydrogen (secondary N) is 1. The Kier molecular flexibility index (Phi) is 3.19. The molecule has 0 aliphatic carbocycles. The number of benzene rings is 1. The van der Waals surface area contributed by atoms with Gasteiger partial charge in [-0.05, 0) is 18.2 Å².